The van der Waals surface area contributed by atoms with Crippen LogP contribution in [0.1, 0.15) is 31.8 Å². The lowest BCUT2D eigenvalue weighted by molar-refractivity contribution is 0.0880. The predicted octanol–water partition coefficient (Wildman–Crippen LogP) is 3.33. The fourth-order valence-corrected chi connectivity index (χ4v) is 5.56. The molecule has 0 unspecified atom stereocenters. The van der Waals surface area contributed by atoms with E-state index >= 15 is 0 Å². The highest BCUT2D eigenvalue weighted by atomic mass is 35.5. The predicted molar refractivity (Wildman–Crippen MR) is 125 cm³/mol. The molecule has 0 fully saturated rings. The van der Waals surface area contributed by atoms with Crippen molar-refractivity contribution < 1.29 is 14.7 Å². The molecule has 0 aliphatic carbocycles. The van der Waals surface area contributed by atoms with E-state index in [9.17, 15) is 14.7 Å². The number of aliphatic hydroxyl groups is 1. The van der Waals surface area contributed by atoms with Gasteiger partial charge in [0.25, 0.3) is 11.8 Å². The van der Waals surface area contributed by atoms with Crippen molar-refractivity contribution in [1.29, 1.82) is 0 Å². The van der Waals surface area contributed by atoms with E-state index in [1.165, 1.54) is 5.56 Å². The summed E-state index contributed by atoms with van der Waals surface area (Å²) in [7, 11) is 0. The molecule has 0 spiro atoms. The number of aromatic nitrogens is 2. The summed E-state index contributed by atoms with van der Waals surface area (Å²) in [5.74, 6) is -0.716. The van der Waals surface area contributed by atoms with Crippen LogP contribution < -0.4 is 10.6 Å². The summed E-state index contributed by atoms with van der Waals surface area (Å²) in [6, 6.07) is 11.8. The zero-order valence-electron chi connectivity index (χ0n) is 16.9. The Morgan fingerprint density at radius 2 is 1.66 bits per heavy atom. The van der Waals surface area contributed by atoms with E-state index < -0.39 is 0 Å². The number of carbonyl (C=O) groups is 2. The molecule has 0 bridgehead atoms. The zero-order valence-corrected chi connectivity index (χ0v) is 17.7. The van der Waals surface area contributed by atoms with Gasteiger partial charge in [0.1, 0.15) is 0 Å². The first kappa shape index (κ1) is 19.3. The quantitative estimate of drug-likeness (QED) is 0.297. The summed E-state index contributed by atoms with van der Waals surface area (Å²) in [5, 5.41) is 19.3. The number of fused-ring (bicyclic) bond motifs is 10. The second-order valence-corrected chi connectivity index (χ2v) is 8.27. The molecule has 7 nitrogen and oxygen atoms in total. The van der Waals surface area contributed by atoms with Gasteiger partial charge in [-0.1, -0.05) is 36.4 Å². The van der Waals surface area contributed by atoms with Crippen molar-refractivity contribution in [3.05, 3.63) is 58.7 Å². The second-order valence-electron chi connectivity index (χ2n) is 8.27. The first-order valence-corrected chi connectivity index (χ1v) is 10.4. The Kier molecular flexibility index (Phi) is 3.96. The molecule has 160 valence electrons. The first-order chi connectivity index (χ1) is 15.2. The van der Waals surface area contributed by atoms with Gasteiger partial charge < -0.3 is 20.0 Å². The fourth-order valence-electron chi connectivity index (χ4n) is 5.56. The third kappa shape index (κ3) is 2.17. The molecule has 2 aliphatic rings. The lowest BCUT2D eigenvalue weighted by Gasteiger charge is -2.08. The van der Waals surface area contributed by atoms with Gasteiger partial charge >= 0.3 is 0 Å². The van der Waals surface area contributed by atoms with Crippen LogP contribution in [0.15, 0.2) is 36.4 Å². The summed E-state index contributed by atoms with van der Waals surface area (Å²) in [6.45, 7) is 2.20. The van der Waals surface area contributed by atoms with Crippen LogP contribution in [0.5, 0.6) is 0 Å². The highest BCUT2D eigenvalue weighted by molar-refractivity contribution is 6.39. The Hall–Kier alpha value is -3.39. The highest BCUT2D eigenvalue weighted by Gasteiger charge is 2.36. The molecule has 4 N–H and O–H groups in total. The molecule has 4 heterocycles. The minimum Gasteiger partial charge on any atom is -0.392 e. The number of benzene rings is 3. The summed E-state index contributed by atoms with van der Waals surface area (Å²) in [6.07, 6.45) is 0. The van der Waals surface area contributed by atoms with Crippen molar-refractivity contribution in [2.75, 3.05) is 6.54 Å². The number of imide groups is 1. The molecule has 3 aromatic carbocycles. The number of nitrogens with zero attached hydrogens (tertiary/aromatic N) is 1. The van der Waals surface area contributed by atoms with Gasteiger partial charge in [-0.3, -0.25) is 14.9 Å². The van der Waals surface area contributed by atoms with Crippen LogP contribution in [-0.4, -0.2) is 33.0 Å². The van der Waals surface area contributed by atoms with Crippen molar-refractivity contribution in [2.24, 2.45) is 0 Å². The molecule has 0 radical (unpaired) electrons. The Balaban J connectivity index is 0.00000196. The smallest absolute Gasteiger partial charge is 0.259 e. The number of rotatable bonds is 1. The number of para-hydroxylation sites is 2. The lowest BCUT2D eigenvalue weighted by atomic mass is 9.96. The van der Waals surface area contributed by atoms with E-state index in [0.717, 1.165) is 68.8 Å². The van der Waals surface area contributed by atoms with E-state index in [-0.39, 0.29) is 30.8 Å². The van der Waals surface area contributed by atoms with E-state index in [1.54, 1.807) is 0 Å². The topological polar surface area (TPSA) is 99.2 Å². The minimum absolute atomic E-state index is 0. The monoisotopic (exact) mass is 446 g/mol. The summed E-state index contributed by atoms with van der Waals surface area (Å²) in [5.41, 5.74) is 6.48. The normalized spacial score (nSPS) is 15.4. The van der Waals surface area contributed by atoms with Crippen LogP contribution >= 0.6 is 12.4 Å². The second kappa shape index (κ2) is 6.56. The van der Waals surface area contributed by atoms with Crippen LogP contribution in [0.4, 0.5) is 0 Å². The molecule has 0 saturated carbocycles. The van der Waals surface area contributed by atoms with Gasteiger partial charge in [-0.05, 0) is 5.56 Å². The van der Waals surface area contributed by atoms with Crippen LogP contribution in [0.3, 0.4) is 0 Å². The number of hydrogen-bond acceptors (Lipinski definition) is 4. The minimum atomic E-state index is -0.368. The summed E-state index contributed by atoms with van der Waals surface area (Å²) < 4.78 is 2.27. The molecule has 2 amide bonds. The van der Waals surface area contributed by atoms with Crippen molar-refractivity contribution >= 4 is 67.8 Å². The Morgan fingerprint density at radius 1 is 0.906 bits per heavy atom. The first-order valence-electron chi connectivity index (χ1n) is 10.4. The van der Waals surface area contributed by atoms with Crippen LogP contribution in [0.2, 0.25) is 0 Å². The molecule has 7 rings (SSSR count). The number of amides is 2. The highest BCUT2D eigenvalue weighted by Crippen LogP contribution is 2.44. The maximum Gasteiger partial charge on any atom is 0.259 e. The summed E-state index contributed by atoms with van der Waals surface area (Å²) >= 11 is 0. The van der Waals surface area contributed by atoms with Crippen molar-refractivity contribution in [3.63, 3.8) is 0 Å². The van der Waals surface area contributed by atoms with Gasteiger partial charge in [0.2, 0.25) is 0 Å². The van der Waals surface area contributed by atoms with Crippen molar-refractivity contribution in [2.45, 2.75) is 19.7 Å². The summed E-state index contributed by atoms with van der Waals surface area (Å²) in [4.78, 5) is 29.5. The van der Waals surface area contributed by atoms with Gasteiger partial charge in [-0.2, -0.15) is 0 Å². The van der Waals surface area contributed by atoms with E-state index in [2.05, 4.69) is 26.3 Å². The average molecular weight is 447 g/mol. The average Bonchev–Trinajstić information content (AvgIpc) is 3.34. The van der Waals surface area contributed by atoms with Gasteiger partial charge in [0, 0.05) is 46.7 Å². The fraction of sp³-hybridized carbons (Fsp3) is 0.167. The number of aliphatic hydroxyl groups excluding tert-OH is 1. The Labute approximate surface area is 187 Å². The number of H-pyrrole nitrogens is 1. The van der Waals surface area contributed by atoms with Crippen LogP contribution in [-0.2, 0) is 19.7 Å². The molecule has 0 atom stereocenters. The van der Waals surface area contributed by atoms with Crippen molar-refractivity contribution in [1.82, 2.24) is 20.2 Å². The number of nitrogens with one attached hydrogen (secondary N) is 3. The number of hydrogen-bond donors (Lipinski definition) is 4. The molecule has 0 saturated heterocycles. The molecule has 2 aliphatic heterocycles. The largest absolute Gasteiger partial charge is 0.392 e. The van der Waals surface area contributed by atoms with E-state index in [1.807, 2.05) is 30.3 Å². The molecule has 5 aromatic rings. The van der Waals surface area contributed by atoms with E-state index in [4.69, 9.17) is 0 Å². The van der Waals surface area contributed by atoms with Crippen molar-refractivity contribution in [3.8, 4) is 0 Å². The van der Waals surface area contributed by atoms with Crippen LogP contribution in [0, 0.1) is 0 Å². The standard InChI is InChI=1S/C24H18N4O3.ClH/c29-10-12-4-2-5-13-15-17-18(24(31)27-23(17)30)16-14-6-1-3-11-9-25-7-8-28(21(11)14)22(16)20(15)26-19(12)13;/h1-6,25-26,29H,7-10H2,(H,27,30,31);1H. The maximum absolute atomic E-state index is 13.0. The number of aromatic amines is 1. The Morgan fingerprint density at radius 3 is 2.47 bits per heavy atom. The molecular weight excluding hydrogens is 428 g/mol. The molecule has 8 heteroatoms. The van der Waals surface area contributed by atoms with Crippen LogP contribution in [0.25, 0.3) is 43.6 Å². The SMILES string of the molecule is Cl.O=C1NC(=O)c2c1c1c3cccc(CO)c3[nH]c1c1c2c2cccc3c2n1CCNC3. The number of carbonyl (C=O) groups excluding carboxylic acids is 2. The lowest BCUT2D eigenvalue weighted by Crippen LogP contribution is -2.20. The number of halogens is 1. The Bertz CT molecular complexity index is 1650. The van der Waals surface area contributed by atoms with Gasteiger partial charge in [0.05, 0.1) is 39.8 Å². The third-order valence-electron chi connectivity index (χ3n) is 6.75. The molecule has 32 heavy (non-hydrogen) atoms. The molecule has 2 aromatic heterocycles. The molecular formula is C24H19ClN4O3. The van der Waals surface area contributed by atoms with Gasteiger partial charge in [-0.15, -0.1) is 12.4 Å². The van der Waals surface area contributed by atoms with E-state index in [0.29, 0.717) is 11.1 Å². The van der Waals surface area contributed by atoms with Gasteiger partial charge in [-0.25, -0.2) is 0 Å². The zero-order chi connectivity index (χ0) is 20.9. The van der Waals surface area contributed by atoms with Gasteiger partial charge in [0.15, 0.2) is 0 Å². The third-order valence-corrected chi connectivity index (χ3v) is 6.75. The maximum atomic E-state index is 13.0.